The average Bonchev–Trinajstić information content (AvgIpc) is 2.81. The van der Waals surface area contributed by atoms with Gasteiger partial charge in [0.05, 0.1) is 11.1 Å². The number of rotatable bonds is 1. The lowest BCUT2D eigenvalue weighted by atomic mass is 10.0. The molecule has 4 nitrogen and oxygen atoms in total. The Morgan fingerprint density at radius 3 is 2.60 bits per heavy atom. The summed E-state index contributed by atoms with van der Waals surface area (Å²) in [5, 5.41) is 4.35. The van der Waals surface area contributed by atoms with E-state index in [9.17, 15) is 4.79 Å². The van der Waals surface area contributed by atoms with Gasteiger partial charge in [-0.05, 0) is 25.0 Å². The third kappa shape index (κ3) is 2.00. The molecule has 2 aromatic rings. The second-order valence-electron chi connectivity index (χ2n) is 5.60. The Morgan fingerprint density at radius 2 is 1.90 bits per heavy atom. The van der Waals surface area contributed by atoms with Gasteiger partial charge in [-0.1, -0.05) is 12.1 Å². The van der Waals surface area contributed by atoms with Crippen molar-refractivity contribution in [1.82, 2.24) is 14.8 Å². The summed E-state index contributed by atoms with van der Waals surface area (Å²) in [6.45, 7) is 7.58. The van der Waals surface area contributed by atoms with Crippen molar-refractivity contribution in [2.24, 2.45) is 7.05 Å². The molecule has 0 unspecified atom stereocenters. The number of piperazine rings is 1. The molecule has 1 amide bonds. The van der Waals surface area contributed by atoms with Crippen LogP contribution in [-0.2, 0) is 7.05 Å². The monoisotopic (exact) mass is 271 g/mol. The van der Waals surface area contributed by atoms with E-state index in [2.05, 4.69) is 35.9 Å². The fourth-order valence-electron chi connectivity index (χ4n) is 3.01. The zero-order chi connectivity index (χ0) is 14.3. The van der Waals surface area contributed by atoms with Crippen molar-refractivity contribution in [3.63, 3.8) is 0 Å². The number of hydrogen-bond acceptors (Lipinski definition) is 2. The number of carbonyl (C=O) groups is 1. The number of benzene rings is 1. The van der Waals surface area contributed by atoms with Crippen molar-refractivity contribution >= 4 is 16.8 Å². The number of amides is 1. The largest absolute Gasteiger partial charge is 0.349 e. The second kappa shape index (κ2) is 4.94. The number of nitrogens with zero attached hydrogens (tertiary/aromatic N) is 2. The van der Waals surface area contributed by atoms with E-state index in [4.69, 9.17) is 0 Å². The van der Waals surface area contributed by atoms with Crippen molar-refractivity contribution < 1.29 is 4.79 Å². The molecule has 1 saturated heterocycles. The fraction of sp³-hybridized carbons (Fsp3) is 0.438. The minimum Gasteiger partial charge on any atom is -0.349 e. The van der Waals surface area contributed by atoms with E-state index in [-0.39, 0.29) is 5.91 Å². The summed E-state index contributed by atoms with van der Waals surface area (Å²) in [5.74, 6) is 0.153. The van der Waals surface area contributed by atoms with Crippen molar-refractivity contribution in [2.45, 2.75) is 13.8 Å². The van der Waals surface area contributed by atoms with Gasteiger partial charge in [-0.15, -0.1) is 0 Å². The van der Waals surface area contributed by atoms with Crippen molar-refractivity contribution in [3.05, 3.63) is 35.0 Å². The number of aromatic nitrogens is 1. The van der Waals surface area contributed by atoms with Gasteiger partial charge in [0.1, 0.15) is 0 Å². The van der Waals surface area contributed by atoms with Crippen molar-refractivity contribution in [2.75, 3.05) is 26.2 Å². The molecule has 4 heteroatoms. The van der Waals surface area contributed by atoms with E-state index >= 15 is 0 Å². The van der Waals surface area contributed by atoms with Crippen molar-refractivity contribution in [3.8, 4) is 0 Å². The molecule has 0 atom stereocenters. The summed E-state index contributed by atoms with van der Waals surface area (Å²) in [6, 6.07) is 4.18. The second-order valence-corrected chi connectivity index (χ2v) is 5.60. The van der Waals surface area contributed by atoms with Gasteiger partial charge in [-0.3, -0.25) is 4.79 Å². The highest BCUT2D eigenvalue weighted by Crippen LogP contribution is 2.27. The molecule has 0 bridgehead atoms. The molecule has 1 aromatic carbocycles. The normalized spacial score (nSPS) is 15.8. The number of aryl methyl sites for hydroxylation is 3. The minimum atomic E-state index is 0.153. The molecule has 2 heterocycles. The standard InChI is InChI=1S/C16H21N3O/c1-11-4-5-13-14(10-18(3)15(13)12(11)2)16(20)19-8-6-17-7-9-19/h4-5,10,17H,6-9H2,1-3H3. The Balaban J connectivity index is 2.08. The number of fused-ring (bicyclic) bond motifs is 1. The third-order valence-corrected chi connectivity index (χ3v) is 4.30. The molecule has 20 heavy (non-hydrogen) atoms. The van der Waals surface area contributed by atoms with Crippen LogP contribution in [0.1, 0.15) is 21.5 Å². The predicted molar refractivity (Wildman–Crippen MR) is 81.2 cm³/mol. The van der Waals surface area contributed by atoms with Gasteiger partial charge in [-0.2, -0.15) is 0 Å². The van der Waals surface area contributed by atoms with Crippen LogP contribution >= 0.6 is 0 Å². The first kappa shape index (κ1) is 13.2. The molecule has 1 aromatic heterocycles. The first-order valence-corrected chi connectivity index (χ1v) is 7.15. The summed E-state index contributed by atoms with van der Waals surface area (Å²) in [5.41, 5.74) is 4.51. The quantitative estimate of drug-likeness (QED) is 0.859. The number of nitrogens with one attached hydrogen (secondary N) is 1. The highest BCUT2D eigenvalue weighted by molar-refractivity contribution is 6.07. The maximum Gasteiger partial charge on any atom is 0.256 e. The summed E-state index contributed by atoms with van der Waals surface area (Å²) < 4.78 is 2.08. The third-order valence-electron chi connectivity index (χ3n) is 4.30. The highest BCUT2D eigenvalue weighted by Gasteiger charge is 2.22. The van der Waals surface area contributed by atoms with E-state index in [1.165, 1.54) is 16.6 Å². The molecule has 1 fully saturated rings. The molecule has 0 spiro atoms. The van der Waals surface area contributed by atoms with E-state index in [1.54, 1.807) is 0 Å². The van der Waals surface area contributed by atoms with Crippen LogP contribution in [0, 0.1) is 13.8 Å². The predicted octanol–water partition coefficient (Wildman–Crippen LogP) is 1.84. The SMILES string of the molecule is Cc1ccc2c(C(=O)N3CCNCC3)cn(C)c2c1C. The zero-order valence-electron chi connectivity index (χ0n) is 12.4. The van der Waals surface area contributed by atoms with Crippen LogP contribution in [0.5, 0.6) is 0 Å². The highest BCUT2D eigenvalue weighted by atomic mass is 16.2. The van der Waals surface area contributed by atoms with Crippen LogP contribution in [0.25, 0.3) is 10.9 Å². The number of carbonyl (C=O) groups excluding carboxylic acids is 1. The summed E-state index contributed by atoms with van der Waals surface area (Å²) in [4.78, 5) is 14.7. The van der Waals surface area contributed by atoms with E-state index in [0.29, 0.717) is 0 Å². The first-order valence-electron chi connectivity index (χ1n) is 7.15. The lowest BCUT2D eigenvalue weighted by Crippen LogP contribution is -2.46. The summed E-state index contributed by atoms with van der Waals surface area (Å²) in [6.07, 6.45) is 1.97. The molecule has 0 radical (unpaired) electrons. The molecule has 0 aliphatic carbocycles. The Morgan fingerprint density at radius 1 is 1.20 bits per heavy atom. The van der Waals surface area contributed by atoms with Gasteiger partial charge >= 0.3 is 0 Å². The van der Waals surface area contributed by atoms with Gasteiger partial charge in [0.15, 0.2) is 0 Å². The van der Waals surface area contributed by atoms with Crippen molar-refractivity contribution in [1.29, 1.82) is 0 Å². The average molecular weight is 271 g/mol. The Labute approximate surface area is 119 Å². The summed E-state index contributed by atoms with van der Waals surface area (Å²) >= 11 is 0. The van der Waals surface area contributed by atoms with Crippen LogP contribution in [0.3, 0.4) is 0 Å². The van der Waals surface area contributed by atoms with Crippen LogP contribution in [0.15, 0.2) is 18.3 Å². The van der Waals surface area contributed by atoms with E-state index < -0.39 is 0 Å². The summed E-state index contributed by atoms with van der Waals surface area (Å²) in [7, 11) is 2.02. The zero-order valence-corrected chi connectivity index (χ0v) is 12.4. The molecular weight excluding hydrogens is 250 g/mol. The first-order chi connectivity index (χ1) is 9.59. The van der Waals surface area contributed by atoms with Crippen LogP contribution in [-0.4, -0.2) is 41.6 Å². The van der Waals surface area contributed by atoms with Gasteiger partial charge in [-0.25, -0.2) is 0 Å². The molecular formula is C16H21N3O. The minimum absolute atomic E-state index is 0.153. The van der Waals surface area contributed by atoms with E-state index in [0.717, 1.165) is 37.1 Å². The molecule has 3 rings (SSSR count). The molecule has 1 aliphatic heterocycles. The van der Waals surface area contributed by atoms with Gasteiger partial charge in [0.25, 0.3) is 5.91 Å². The van der Waals surface area contributed by atoms with Gasteiger partial charge < -0.3 is 14.8 Å². The Hall–Kier alpha value is -1.81. The maximum atomic E-state index is 12.7. The fourth-order valence-corrected chi connectivity index (χ4v) is 3.01. The van der Waals surface area contributed by atoms with Crippen LogP contribution in [0.4, 0.5) is 0 Å². The molecule has 1 N–H and O–H groups in total. The lowest BCUT2D eigenvalue weighted by Gasteiger charge is -2.27. The molecule has 1 aliphatic rings. The van der Waals surface area contributed by atoms with E-state index in [1.807, 2.05) is 18.1 Å². The topological polar surface area (TPSA) is 37.3 Å². The maximum absolute atomic E-state index is 12.7. The molecule has 0 saturated carbocycles. The number of hydrogen-bond donors (Lipinski definition) is 1. The lowest BCUT2D eigenvalue weighted by molar-refractivity contribution is 0.0737. The van der Waals surface area contributed by atoms with Crippen LogP contribution < -0.4 is 5.32 Å². The Kier molecular flexibility index (Phi) is 3.26. The van der Waals surface area contributed by atoms with Gasteiger partial charge in [0, 0.05) is 44.8 Å². The van der Waals surface area contributed by atoms with Gasteiger partial charge in [0.2, 0.25) is 0 Å². The smallest absolute Gasteiger partial charge is 0.256 e. The molecule has 106 valence electrons. The van der Waals surface area contributed by atoms with Crippen LogP contribution in [0.2, 0.25) is 0 Å². The Bertz CT molecular complexity index is 666.